The predicted molar refractivity (Wildman–Crippen MR) is 119 cm³/mol. The number of hydrogen-bond acceptors (Lipinski definition) is 4. The minimum Gasteiger partial charge on any atom is -0.497 e. The second-order valence-electron chi connectivity index (χ2n) is 7.75. The van der Waals surface area contributed by atoms with Crippen molar-refractivity contribution in [1.29, 1.82) is 0 Å². The maximum absolute atomic E-state index is 13.3. The number of ether oxygens (including phenoxy) is 1. The minimum absolute atomic E-state index is 0.274. The molecule has 7 heteroatoms. The Morgan fingerprint density at radius 2 is 1.81 bits per heavy atom. The number of amides is 4. The largest absolute Gasteiger partial charge is 0.497 e. The Balaban J connectivity index is 1.79. The maximum atomic E-state index is 13.3. The quantitative estimate of drug-likeness (QED) is 0.628. The summed E-state index contributed by atoms with van der Waals surface area (Å²) in [5, 5.41) is 5.66. The van der Waals surface area contributed by atoms with Crippen LogP contribution in [0.4, 0.5) is 10.5 Å². The molecule has 3 rings (SSSR count). The fraction of sp³-hybridized carbons (Fsp3) is 0.375. The molecule has 1 aliphatic heterocycles. The number of carbonyl (C=O) groups is 3. The van der Waals surface area contributed by atoms with E-state index in [0.29, 0.717) is 23.4 Å². The van der Waals surface area contributed by atoms with Gasteiger partial charge in [0, 0.05) is 5.69 Å². The third kappa shape index (κ3) is 4.26. The normalized spacial score (nSPS) is 19.2. The Morgan fingerprint density at radius 3 is 2.42 bits per heavy atom. The van der Waals surface area contributed by atoms with Gasteiger partial charge in [0.1, 0.15) is 17.8 Å². The standard InChI is InChI=1S/C24H29N3O4/c1-5-16(3)19-9-7-8-10-20(19)25-21(28)15-27-22(29)24(6-2,26-23(27)30)17-11-13-18(31-4)14-12-17/h7-14,16H,5-6,15H2,1-4H3,(H,25,28)(H,26,30)/t16-,24-/m1/s1. The number of nitrogens with one attached hydrogen (secondary N) is 2. The molecule has 1 saturated heterocycles. The topological polar surface area (TPSA) is 87.7 Å². The van der Waals surface area contributed by atoms with Crippen molar-refractivity contribution in [3.63, 3.8) is 0 Å². The highest BCUT2D eigenvalue weighted by Gasteiger charge is 2.51. The SMILES string of the molecule is CC[C@@H](C)c1ccccc1NC(=O)CN1C(=O)N[C@](CC)(c2ccc(OC)cc2)C1=O. The summed E-state index contributed by atoms with van der Waals surface area (Å²) in [5.41, 5.74) is 1.18. The molecule has 4 amide bonds. The van der Waals surface area contributed by atoms with Crippen LogP contribution < -0.4 is 15.4 Å². The van der Waals surface area contributed by atoms with E-state index in [9.17, 15) is 14.4 Å². The molecule has 31 heavy (non-hydrogen) atoms. The molecule has 0 spiro atoms. The summed E-state index contributed by atoms with van der Waals surface area (Å²) >= 11 is 0. The van der Waals surface area contributed by atoms with Crippen LogP contribution in [0, 0.1) is 0 Å². The van der Waals surface area contributed by atoms with Crippen molar-refractivity contribution in [2.75, 3.05) is 19.0 Å². The van der Waals surface area contributed by atoms with E-state index in [1.165, 1.54) is 0 Å². The summed E-state index contributed by atoms with van der Waals surface area (Å²) in [6.45, 7) is 5.65. The van der Waals surface area contributed by atoms with E-state index in [1.54, 1.807) is 31.4 Å². The van der Waals surface area contributed by atoms with Crippen LogP contribution in [0.2, 0.25) is 0 Å². The van der Waals surface area contributed by atoms with Gasteiger partial charge in [0.05, 0.1) is 7.11 Å². The van der Waals surface area contributed by atoms with Crippen molar-refractivity contribution in [3.05, 3.63) is 59.7 Å². The maximum Gasteiger partial charge on any atom is 0.325 e. The molecule has 2 aromatic rings. The van der Waals surface area contributed by atoms with Gasteiger partial charge in [-0.05, 0) is 48.1 Å². The van der Waals surface area contributed by atoms with Crippen molar-refractivity contribution in [2.24, 2.45) is 0 Å². The van der Waals surface area contributed by atoms with Crippen LogP contribution in [0.3, 0.4) is 0 Å². The molecular weight excluding hydrogens is 394 g/mol. The molecule has 1 fully saturated rings. The van der Waals surface area contributed by atoms with Gasteiger partial charge in [-0.25, -0.2) is 4.79 Å². The van der Waals surface area contributed by atoms with Gasteiger partial charge in [-0.2, -0.15) is 0 Å². The van der Waals surface area contributed by atoms with E-state index in [1.807, 2.05) is 31.2 Å². The van der Waals surface area contributed by atoms with Gasteiger partial charge >= 0.3 is 6.03 Å². The lowest BCUT2D eigenvalue weighted by Gasteiger charge is -2.26. The van der Waals surface area contributed by atoms with E-state index < -0.39 is 23.4 Å². The number of benzene rings is 2. The highest BCUT2D eigenvalue weighted by atomic mass is 16.5. The zero-order valence-corrected chi connectivity index (χ0v) is 18.4. The smallest absolute Gasteiger partial charge is 0.325 e. The van der Waals surface area contributed by atoms with E-state index in [0.717, 1.165) is 16.9 Å². The molecule has 2 atom stereocenters. The average Bonchev–Trinajstić information content (AvgIpc) is 3.04. The van der Waals surface area contributed by atoms with E-state index in [4.69, 9.17) is 4.74 Å². The molecule has 2 aromatic carbocycles. The Kier molecular flexibility index (Phi) is 6.63. The highest BCUT2D eigenvalue weighted by Crippen LogP contribution is 2.33. The summed E-state index contributed by atoms with van der Waals surface area (Å²) in [4.78, 5) is 39.6. The molecule has 1 aliphatic rings. The Labute approximate surface area is 182 Å². The van der Waals surface area contributed by atoms with Crippen molar-refractivity contribution >= 4 is 23.5 Å². The van der Waals surface area contributed by atoms with Crippen LogP contribution in [-0.2, 0) is 15.1 Å². The summed E-state index contributed by atoms with van der Waals surface area (Å²) in [6, 6.07) is 14.0. The number of rotatable bonds is 8. The number of methoxy groups -OCH3 is 1. The molecular formula is C24H29N3O4. The Bertz CT molecular complexity index is 973. The molecule has 0 saturated carbocycles. The second-order valence-corrected chi connectivity index (χ2v) is 7.75. The van der Waals surface area contributed by atoms with Crippen molar-refractivity contribution in [3.8, 4) is 5.75 Å². The molecule has 0 bridgehead atoms. The average molecular weight is 424 g/mol. The van der Waals surface area contributed by atoms with Crippen LogP contribution >= 0.6 is 0 Å². The Morgan fingerprint density at radius 1 is 1.13 bits per heavy atom. The van der Waals surface area contributed by atoms with Crippen molar-refractivity contribution in [1.82, 2.24) is 10.2 Å². The Hall–Kier alpha value is -3.35. The first-order valence-electron chi connectivity index (χ1n) is 10.5. The number of hydrogen-bond donors (Lipinski definition) is 2. The first kappa shape index (κ1) is 22.3. The first-order chi connectivity index (χ1) is 14.9. The third-order valence-corrected chi connectivity index (χ3v) is 5.97. The first-order valence-corrected chi connectivity index (χ1v) is 10.5. The number of carbonyl (C=O) groups excluding carboxylic acids is 3. The number of urea groups is 1. The second kappa shape index (κ2) is 9.20. The van der Waals surface area contributed by atoms with Gasteiger partial charge in [-0.3, -0.25) is 14.5 Å². The van der Waals surface area contributed by atoms with Gasteiger partial charge in [0.15, 0.2) is 0 Å². The van der Waals surface area contributed by atoms with Crippen molar-refractivity contribution < 1.29 is 19.1 Å². The molecule has 0 radical (unpaired) electrons. The highest BCUT2D eigenvalue weighted by molar-refractivity contribution is 6.10. The van der Waals surface area contributed by atoms with Gasteiger partial charge in [0.25, 0.3) is 5.91 Å². The van der Waals surface area contributed by atoms with Crippen LogP contribution in [0.1, 0.15) is 50.7 Å². The predicted octanol–water partition coefficient (Wildman–Crippen LogP) is 4.00. The lowest BCUT2D eigenvalue weighted by Crippen LogP contribution is -2.44. The summed E-state index contributed by atoms with van der Waals surface area (Å²) in [6.07, 6.45) is 1.29. The number of nitrogens with zero attached hydrogens (tertiary/aromatic N) is 1. The monoisotopic (exact) mass is 423 g/mol. The van der Waals surface area contributed by atoms with Gasteiger partial charge < -0.3 is 15.4 Å². The number of anilines is 1. The van der Waals surface area contributed by atoms with E-state index in [2.05, 4.69) is 24.5 Å². The zero-order chi connectivity index (χ0) is 22.6. The lowest BCUT2D eigenvalue weighted by molar-refractivity contribution is -0.134. The third-order valence-electron chi connectivity index (χ3n) is 5.97. The zero-order valence-electron chi connectivity index (χ0n) is 18.4. The van der Waals surface area contributed by atoms with Crippen LogP contribution in [0.25, 0.3) is 0 Å². The van der Waals surface area contributed by atoms with Gasteiger partial charge in [0.2, 0.25) is 5.91 Å². The molecule has 7 nitrogen and oxygen atoms in total. The van der Waals surface area contributed by atoms with E-state index >= 15 is 0 Å². The lowest BCUT2D eigenvalue weighted by atomic mass is 9.87. The number of imide groups is 1. The fourth-order valence-electron chi connectivity index (χ4n) is 3.88. The van der Waals surface area contributed by atoms with Gasteiger partial charge in [-0.15, -0.1) is 0 Å². The van der Waals surface area contributed by atoms with Crippen molar-refractivity contribution in [2.45, 2.75) is 45.1 Å². The molecule has 0 unspecified atom stereocenters. The van der Waals surface area contributed by atoms with Crippen LogP contribution in [0.5, 0.6) is 5.75 Å². The molecule has 1 heterocycles. The number of para-hydroxylation sites is 1. The molecule has 0 aromatic heterocycles. The summed E-state index contributed by atoms with van der Waals surface area (Å²) in [7, 11) is 1.56. The van der Waals surface area contributed by atoms with Crippen LogP contribution in [0.15, 0.2) is 48.5 Å². The minimum atomic E-state index is -1.20. The van der Waals surface area contributed by atoms with Crippen LogP contribution in [-0.4, -0.2) is 36.4 Å². The summed E-state index contributed by atoms with van der Waals surface area (Å²) in [5.74, 6) is 0.0791. The summed E-state index contributed by atoms with van der Waals surface area (Å²) < 4.78 is 5.18. The van der Waals surface area contributed by atoms with Gasteiger partial charge in [-0.1, -0.05) is 51.1 Å². The molecule has 164 valence electrons. The van der Waals surface area contributed by atoms with E-state index in [-0.39, 0.29) is 12.5 Å². The molecule has 0 aliphatic carbocycles. The fourth-order valence-corrected chi connectivity index (χ4v) is 3.88. The molecule has 2 N–H and O–H groups in total.